The van der Waals surface area contributed by atoms with Gasteiger partial charge in [0.05, 0.1) is 0 Å². The number of carboxylic acid groups (broad SMARTS) is 1. The predicted molar refractivity (Wildman–Crippen MR) is 127 cm³/mol. The fourth-order valence-corrected chi connectivity index (χ4v) is 4.74. The van der Waals surface area contributed by atoms with Crippen molar-refractivity contribution in [3.8, 4) is 11.1 Å². The Morgan fingerprint density at radius 1 is 1.09 bits per heavy atom. The fraction of sp³-hybridized carbons (Fsp3) is 0.423. The van der Waals surface area contributed by atoms with Gasteiger partial charge in [-0.15, -0.1) is 0 Å². The lowest BCUT2D eigenvalue weighted by Crippen LogP contribution is -2.48. The van der Waals surface area contributed by atoms with Crippen LogP contribution in [0.1, 0.15) is 29.9 Å². The molecule has 3 N–H and O–H groups in total. The van der Waals surface area contributed by atoms with Crippen LogP contribution in [0.3, 0.4) is 0 Å². The normalized spacial score (nSPS) is 19.5. The van der Waals surface area contributed by atoms with Crippen LogP contribution in [0.2, 0.25) is 0 Å². The molecule has 2 aromatic carbocycles. The molecule has 1 aliphatic heterocycles. The van der Waals surface area contributed by atoms with Gasteiger partial charge in [0.15, 0.2) is 0 Å². The second kappa shape index (κ2) is 11.3. The van der Waals surface area contributed by atoms with Crippen LogP contribution in [-0.4, -0.2) is 68.7 Å². The van der Waals surface area contributed by atoms with Crippen molar-refractivity contribution in [1.82, 2.24) is 10.6 Å². The molecule has 186 valence electrons. The minimum atomic E-state index is -1.14. The summed E-state index contributed by atoms with van der Waals surface area (Å²) in [6, 6.07) is 15.1. The van der Waals surface area contributed by atoms with Gasteiger partial charge in [-0.2, -0.15) is 0 Å². The molecule has 0 saturated carbocycles. The number of benzene rings is 2. The third-order valence-electron chi connectivity index (χ3n) is 6.55. The SMILES string of the molecule is COCCC(NC(=O)C1OCCC1CNC(=O)OCC1c2ccccc2-c2ccccc21)C(=O)O. The van der Waals surface area contributed by atoms with Gasteiger partial charge < -0.3 is 30.0 Å². The Balaban J connectivity index is 1.29. The van der Waals surface area contributed by atoms with E-state index in [1.807, 2.05) is 24.3 Å². The summed E-state index contributed by atoms with van der Waals surface area (Å²) in [4.78, 5) is 36.5. The molecule has 1 saturated heterocycles. The molecule has 2 aromatic rings. The van der Waals surface area contributed by atoms with E-state index < -0.39 is 30.1 Å². The summed E-state index contributed by atoms with van der Waals surface area (Å²) in [5.41, 5.74) is 4.56. The number of rotatable bonds is 10. The number of carbonyl (C=O) groups excluding carboxylic acids is 2. The molecule has 9 nitrogen and oxygen atoms in total. The number of carbonyl (C=O) groups is 3. The molecule has 9 heteroatoms. The number of hydrogen-bond acceptors (Lipinski definition) is 6. The molecule has 3 atom stereocenters. The number of hydrogen-bond donors (Lipinski definition) is 3. The van der Waals surface area contributed by atoms with E-state index in [2.05, 4.69) is 34.9 Å². The van der Waals surface area contributed by atoms with Gasteiger partial charge in [-0.1, -0.05) is 48.5 Å². The van der Waals surface area contributed by atoms with Gasteiger partial charge in [-0.3, -0.25) is 4.79 Å². The van der Waals surface area contributed by atoms with Crippen molar-refractivity contribution in [3.63, 3.8) is 0 Å². The molecule has 2 amide bonds. The van der Waals surface area contributed by atoms with Crippen molar-refractivity contribution >= 4 is 18.0 Å². The van der Waals surface area contributed by atoms with Crippen LogP contribution in [-0.2, 0) is 23.8 Å². The van der Waals surface area contributed by atoms with Crippen LogP contribution >= 0.6 is 0 Å². The van der Waals surface area contributed by atoms with Gasteiger partial charge >= 0.3 is 12.1 Å². The first-order chi connectivity index (χ1) is 17.0. The summed E-state index contributed by atoms with van der Waals surface area (Å²) in [6.45, 7) is 0.940. The van der Waals surface area contributed by atoms with Gasteiger partial charge in [-0.25, -0.2) is 9.59 Å². The van der Waals surface area contributed by atoms with Crippen LogP contribution in [0.15, 0.2) is 48.5 Å². The first kappa shape index (κ1) is 24.7. The second-order valence-corrected chi connectivity index (χ2v) is 8.73. The van der Waals surface area contributed by atoms with Crippen molar-refractivity contribution in [2.24, 2.45) is 5.92 Å². The molecule has 0 aromatic heterocycles. The molecule has 4 rings (SSSR count). The van der Waals surface area contributed by atoms with Crippen molar-refractivity contribution in [3.05, 3.63) is 59.7 Å². The molecule has 0 bridgehead atoms. The standard InChI is InChI=1S/C26H30N2O7/c1-33-12-11-22(25(30)31)28-24(29)23-16(10-13-34-23)14-27-26(32)35-15-21-19-8-4-2-6-17(19)18-7-3-5-9-20(18)21/h2-9,16,21-23H,10-15H2,1H3,(H,27,32)(H,28,29)(H,30,31). The Bertz CT molecular complexity index is 1030. The van der Waals surface area contributed by atoms with E-state index in [4.69, 9.17) is 14.2 Å². The number of nitrogens with one attached hydrogen (secondary N) is 2. The lowest BCUT2D eigenvalue weighted by Gasteiger charge is -2.21. The number of fused-ring (bicyclic) bond motifs is 3. The molecule has 35 heavy (non-hydrogen) atoms. The molecule has 0 radical (unpaired) electrons. The quantitative estimate of drug-likeness (QED) is 0.476. The van der Waals surface area contributed by atoms with Gasteiger partial charge in [0.2, 0.25) is 5.91 Å². The van der Waals surface area contributed by atoms with Crippen LogP contribution in [0.5, 0.6) is 0 Å². The number of aliphatic carboxylic acids is 1. The number of carboxylic acids is 1. The lowest BCUT2D eigenvalue weighted by molar-refractivity contribution is -0.144. The third kappa shape index (κ3) is 5.63. The third-order valence-corrected chi connectivity index (χ3v) is 6.55. The monoisotopic (exact) mass is 482 g/mol. The molecule has 2 aliphatic rings. The Morgan fingerprint density at radius 3 is 2.37 bits per heavy atom. The second-order valence-electron chi connectivity index (χ2n) is 8.73. The molecule has 0 spiro atoms. The van der Waals surface area contributed by atoms with Gasteiger partial charge in [-0.05, 0) is 28.7 Å². The zero-order valence-electron chi connectivity index (χ0n) is 19.6. The van der Waals surface area contributed by atoms with Crippen molar-refractivity contribution < 1.29 is 33.7 Å². The van der Waals surface area contributed by atoms with Gasteiger partial charge in [0.1, 0.15) is 18.8 Å². The number of alkyl carbamates (subject to hydrolysis) is 1. The Morgan fingerprint density at radius 2 is 1.74 bits per heavy atom. The van der Waals surface area contributed by atoms with E-state index in [1.54, 1.807) is 0 Å². The minimum Gasteiger partial charge on any atom is -0.480 e. The maximum absolute atomic E-state index is 12.6. The van der Waals surface area contributed by atoms with Crippen LogP contribution in [0.4, 0.5) is 4.79 Å². The summed E-state index contributed by atoms with van der Waals surface area (Å²) < 4.78 is 16.0. The maximum Gasteiger partial charge on any atom is 0.407 e. The molecule has 1 fully saturated rings. The summed E-state index contributed by atoms with van der Waals surface area (Å²) >= 11 is 0. The Hall–Kier alpha value is -3.43. The maximum atomic E-state index is 12.6. The Labute approximate surface area is 203 Å². The first-order valence-corrected chi connectivity index (χ1v) is 11.7. The van der Waals surface area contributed by atoms with E-state index in [0.717, 1.165) is 22.3 Å². The first-order valence-electron chi connectivity index (χ1n) is 11.7. The molecular formula is C26H30N2O7. The lowest BCUT2D eigenvalue weighted by atomic mass is 9.98. The number of ether oxygens (including phenoxy) is 3. The Kier molecular flexibility index (Phi) is 7.99. The molecule has 1 heterocycles. The average molecular weight is 483 g/mol. The predicted octanol–water partition coefficient (Wildman–Crippen LogP) is 2.54. The summed E-state index contributed by atoms with van der Waals surface area (Å²) in [5, 5.41) is 14.6. The minimum absolute atomic E-state index is 0.0402. The fourth-order valence-electron chi connectivity index (χ4n) is 4.74. The van der Waals surface area contributed by atoms with E-state index in [9.17, 15) is 19.5 Å². The van der Waals surface area contributed by atoms with Crippen LogP contribution in [0.25, 0.3) is 11.1 Å². The largest absolute Gasteiger partial charge is 0.480 e. The highest BCUT2D eigenvalue weighted by molar-refractivity contribution is 5.86. The summed E-state index contributed by atoms with van der Waals surface area (Å²) in [6.07, 6.45) is -0.695. The molecule has 1 aliphatic carbocycles. The van der Waals surface area contributed by atoms with E-state index in [-0.39, 0.29) is 38.0 Å². The van der Waals surface area contributed by atoms with Crippen molar-refractivity contribution in [2.45, 2.75) is 30.9 Å². The highest BCUT2D eigenvalue weighted by atomic mass is 16.5. The number of amides is 2. The van der Waals surface area contributed by atoms with Crippen LogP contribution < -0.4 is 10.6 Å². The summed E-state index contributed by atoms with van der Waals surface area (Å²) in [7, 11) is 1.46. The van der Waals surface area contributed by atoms with Crippen LogP contribution in [0, 0.1) is 5.92 Å². The van der Waals surface area contributed by atoms with Crippen molar-refractivity contribution in [1.29, 1.82) is 0 Å². The summed E-state index contributed by atoms with van der Waals surface area (Å²) in [5.74, 6) is -1.97. The van der Waals surface area contributed by atoms with Crippen molar-refractivity contribution in [2.75, 3.05) is 33.5 Å². The van der Waals surface area contributed by atoms with E-state index in [1.165, 1.54) is 7.11 Å². The van der Waals surface area contributed by atoms with Gasteiger partial charge in [0.25, 0.3) is 0 Å². The highest BCUT2D eigenvalue weighted by Gasteiger charge is 2.36. The zero-order chi connectivity index (χ0) is 24.8. The van der Waals surface area contributed by atoms with E-state index in [0.29, 0.717) is 13.0 Å². The molecular weight excluding hydrogens is 452 g/mol. The average Bonchev–Trinajstić information content (AvgIpc) is 3.46. The highest BCUT2D eigenvalue weighted by Crippen LogP contribution is 2.44. The topological polar surface area (TPSA) is 123 Å². The van der Waals surface area contributed by atoms with E-state index >= 15 is 0 Å². The van der Waals surface area contributed by atoms with Gasteiger partial charge in [0, 0.05) is 45.1 Å². The molecule has 3 unspecified atom stereocenters. The smallest absolute Gasteiger partial charge is 0.407 e. The number of methoxy groups -OCH3 is 1. The zero-order valence-corrected chi connectivity index (χ0v) is 19.6.